The summed E-state index contributed by atoms with van der Waals surface area (Å²) < 4.78 is 40.5. The van der Waals surface area contributed by atoms with Crippen LogP contribution >= 0.6 is 22.6 Å². The molecule has 2 atom stereocenters. The maximum atomic E-state index is 12.9. The number of fused-ring (bicyclic) bond motifs is 1. The molecule has 2 N–H and O–H groups in total. The van der Waals surface area contributed by atoms with Crippen molar-refractivity contribution in [1.82, 2.24) is 4.57 Å². The molecule has 2 heterocycles. The summed E-state index contributed by atoms with van der Waals surface area (Å²) in [5.74, 6) is 0. The van der Waals surface area contributed by atoms with Crippen LogP contribution < -0.4 is 5.73 Å². The van der Waals surface area contributed by atoms with E-state index in [4.69, 9.17) is 5.73 Å². The predicted octanol–water partition coefficient (Wildman–Crippen LogP) is 3.28. The lowest BCUT2D eigenvalue weighted by molar-refractivity contribution is -0.138. The largest absolute Gasteiger partial charge is 0.418 e. The molecule has 17 heavy (non-hydrogen) atoms. The van der Waals surface area contributed by atoms with Crippen LogP contribution in [0.15, 0.2) is 6.07 Å². The number of halogens is 4. The molecule has 0 aromatic carbocycles. The monoisotopic (exact) mass is 358 g/mol. The quantitative estimate of drug-likeness (QED) is 0.606. The highest BCUT2D eigenvalue weighted by Gasteiger charge is 2.38. The molecular formula is C11H14F3IN2. The zero-order valence-electron chi connectivity index (χ0n) is 9.39. The van der Waals surface area contributed by atoms with Crippen molar-refractivity contribution >= 4 is 22.6 Å². The Morgan fingerprint density at radius 1 is 1.53 bits per heavy atom. The van der Waals surface area contributed by atoms with Crippen LogP contribution in [0.5, 0.6) is 0 Å². The second-order valence-electron chi connectivity index (χ2n) is 4.45. The Bertz CT molecular complexity index is 423. The summed E-state index contributed by atoms with van der Waals surface area (Å²) in [6, 6.07) is 1.25. The van der Waals surface area contributed by atoms with Crippen molar-refractivity contribution in [3.05, 3.63) is 23.0 Å². The first-order chi connectivity index (χ1) is 7.80. The van der Waals surface area contributed by atoms with Crippen molar-refractivity contribution in [3.8, 4) is 0 Å². The minimum absolute atomic E-state index is 0.0177. The molecule has 6 heteroatoms. The number of alkyl halides is 4. The number of hydrogen-bond acceptors (Lipinski definition) is 1. The van der Waals surface area contributed by atoms with E-state index in [2.05, 4.69) is 0 Å². The van der Waals surface area contributed by atoms with Crippen molar-refractivity contribution in [2.45, 2.75) is 42.5 Å². The first-order valence-corrected chi connectivity index (χ1v) is 6.74. The van der Waals surface area contributed by atoms with Gasteiger partial charge >= 0.3 is 6.18 Å². The van der Waals surface area contributed by atoms with E-state index in [9.17, 15) is 13.2 Å². The molecule has 1 aliphatic rings. The van der Waals surface area contributed by atoms with Gasteiger partial charge in [0, 0.05) is 34.3 Å². The first-order valence-electron chi connectivity index (χ1n) is 5.50. The van der Waals surface area contributed by atoms with Gasteiger partial charge in [0.25, 0.3) is 0 Å². The lowest BCUT2D eigenvalue weighted by Crippen LogP contribution is -2.31. The van der Waals surface area contributed by atoms with Gasteiger partial charge in [0.05, 0.1) is 5.56 Å². The Morgan fingerprint density at radius 3 is 2.71 bits per heavy atom. The third-order valence-corrected chi connectivity index (χ3v) is 3.69. The highest BCUT2D eigenvalue weighted by molar-refractivity contribution is 14.1. The number of nitrogens with two attached hydrogens (primary N) is 1. The van der Waals surface area contributed by atoms with Crippen LogP contribution in [0.1, 0.15) is 34.2 Å². The predicted molar refractivity (Wildman–Crippen MR) is 68.2 cm³/mol. The molecule has 0 fully saturated rings. The van der Waals surface area contributed by atoms with E-state index in [1.54, 1.807) is 11.5 Å². The lowest BCUT2D eigenvalue weighted by atomic mass is 10.1. The second kappa shape index (κ2) is 4.46. The van der Waals surface area contributed by atoms with E-state index in [1.165, 1.54) is 6.07 Å². The smallest absolute Gasteiger partial charge is 0.347 e. The molecule has 2 rings (SSSR count). The Kier molecular flexibility index (Phi) is 3.46. The van der Waals surface area contributed by atoms with Crippen molar-refractivity contribution < 1.29 is 13.2 Å². The molecule has 0 bridgehead atoms. The van der Waals surface area contributed by atoms with Gasteiger partial charge in [-0.05, 0) is 19.4 Å². The Labute approximate surface area is 111 Å². The number of nitrogens with zero attached hydrogens (tertiary/aromatic N) is 1. The molecule has 2 nitrogen and oxygen atoms in total. The van der Waals surface area contributed by atoms with Crippen LogP contribution in [0.25, 0.3) is 0 Å². The van der Waals surface area contributed by atoms with E-state index in [0.29, 0.717) is 18.7 Å². The summed E-state index contributed by atoms with van der Waals surface area (Å²) in [6.07, 6.45) is -3.00. The molecular weight excluding hydrogens is 344 g/mol. The topological polar surface area (TPSA) is 30.9 Å². The van der Waals surface area contributed by atoms with Crippen LogP contribution in [0.4, 0.5) is 13.2 Å². The maximum Gasteiger partial charge on any atom is 0.418 e. The van der Waals surface area contributed by atoms with E-state index in [1.807, 2.05) is 22.6 Å². The number of rotatable bonds is 1. The fourth-order valence-electron chi connectivity index (χ4n) is 2.37. The van der Waals surface area contributed by atoms with Crippen LogP contribution in [0.2, 0.25) is 0 Å². The second-order valence-corrected chi connectivity index (χ2v) is 6.32. The van der Waals surface area contributed by atoms with E-state index >= 15 is 0 Å². The Balaban J connectivity index is 2.54. The normalized spacial score (nSPS) is 22.4. The molecule has 1 aliphatic heterocycles. The third kappa shape index (κ3) is 2.47. The van der Waals surface area contributed by atoms with Crippen molar-refractivity contribution in [2.75, 3.05) is 0 Å². The third-order valence-electron chi connectivity index (χ3n) is 3.10. The molecule has 1 aromatic rings. The van der Waals surface area contributed by atoms with E-state index in [-0.39, 0.29) is 9.97 Å². The minimum Gasteiger partial charge on any atom is -0.347 e. The highest BCUT2D eigenvalue weighted by Crippen LogP contribution is 2.40. The summed E-state index contributed by atoms with van der Waals surface area (Å²) >= 11 is 2.03. The van der Waals surface area contributed by atoms with Gasteiger partial charge in [-0.25, -0.2) is 0 Å². The van der Waals surface area contributed by atoms with Gasteiger partial charge in [0.2, 0.25) is 0 Å². The number of hydrogen-bond donors (Lipinski definition) is 1. The molecule has 0 aliphatic carbocycles. The average Bonchev–Trinajstić information content (AvgIpc) is 2.55. The SMILES string of the molecule is CC(I)c1c(C(F)(F)F)cc2n1CCC(N)C2. The highest BCUT2D eigenvalue weighted by atomic mass is 127. The van der Waals surface area contributed by atoms with Crippen LogP contribution in [-0.4, -0.2) is 10.6 Å². The molecule has 0 spiro atoms. The summed E-state index contributed by atoms with van der Waals surface area (Å²) in [4.78, 5) is 0. The summed E-state index contributed by atoms with van der Waals surface area (Å²) in [5.41, 5.74) is 6.41. The fourth-order valence-corrected chi connectivity index (χ4v) is 3.05. The van der Waals surface area contributed by atoms with E-state index < -0.39 is 11.7 Å². The molecule has 2 unspecified atom stereocenters. The molecule has 0 radical (unpaired) electrons. The van der Waals surface area contributed by atoms with Gasteiger partial charge < -0.3 is 10.3 Å². The summed E-state index contributed by atoms with van der Waals surface area (Å²) in [6.45, 7) is 2.38. The molecule has 0 amide bonds. The average molecular weight is 358 g/mol. The van der Waals surface area contributed by atoms with Crippen molar-refractivity contribution in [1.29, 1.82) is 0 Å². The van der Waals surface area contributed by atoms with Gasteiger partial charge in [0.1, 0.15) is 0 Å². The lowest BCUT2D eigenvalue weighted by Gasteiger charge is -2.24. The summed E-state index contributed by atoms with van der Waals surface area (Å²) in [5, 5.41) is 0. The Morgan fingerprint density at radius 2 is 2.18 bits per heavy atom. The van der Waals surface area contributed by atoms with Gasteiger partial charge in [-0.2, -0.15) is 13.2 Å². The molecule has 0 saturated heterocycles. The Hall–Kier alpha value is -0.240. The van der Waals surface area contributed by atoms with Gasteiger partial charge in [0.15, 0.2) is 0 Å². The minimum atomic E-state index is -4.27. The fraction of sp³-hybridized carbons (Fsp3) is 0.636. The molecule has 96 valence electrons. The van der Waals surface area contributed by atoms with Gasteiger partial charge in [-0.1, -0.05) is 22.6 Å². The van der Waals surface area contributed by atoms with Crippen molar-refractivity contribution in [2.24, 2.45) is 5.73 Å². The van der Waals surface area contributed by atoms with Gasteiger partial charge in [-0.3, -0.25) is 0 Å². The standard InChI is InChI=1S/C11H14F3IN2/c1-6(15)10-9(11(12,13)14)5-8-4-7(16)2-3-17(8)10/h5-7H,2-4,16H2,1H3. The van der Waals surface area contributed by atoms with Crippen LogP contribution in [0, 0.1) is 0 Å². The summed E-state index contributed by atoms with van der Waals surface area (Å²) in [7, 11) is 0. The molecule has 0 saturated carbocycles. The first kappa shape index (κ1) is 13.2. The maximum absolute atomic E-state index is 12.9. The van der Waals surface area contributed by atoms with Gasteiger partial charge in [-0.15, -0.1) is 0 Å². The zero-order valence-corrected chi connectivity index (χ0v) is 11.5. The van der Waals surface area contributed by atoms with Crippen LogP contribution in [-0.2, 0) is 19.1 Å². The molecule has 1 aromatic heterocycles. The number of aromatic nitrogens is 1. The van der Waals surface area contributed by atoms with Crippen molar-refractivity contribution in [3.63, 3.8) is 0 Å². The van der Waals surface area contributed by atoms with E-state index in [0.717, 1.165) is 12.1 Å². The zero-order chi connectivity index (χ0) is 12.8. The van der Waals surface area contributed by atoms with Crippen LogP contribution in [0.3, 0.4) is 0 Å².